The van der Waals surface area contributed by atoms with Crippen molar-refractivity contribution in [3.05, 3.63) is 12.2 Å². The SMILES string of the molecule is CCCCCCCCCCCCCCCCC/C=C/C(O)C(COC1OC(CO)C(O)C(OS(=O)(=O)O)C1O)NC(=O)CCCCCCCCCCCCC. The molecule has 13 heteroatoms. The van der Waals surface area contributed by atoms with Gasteiger partial charge in [0.15, 0.2) is 6.29 Å². The minimum Gasteiger partial charge on any atom is -0.394 e. The van der Waals surface area contributed by atoms with E-state index in [2.05, 4.69) is 23.3 Å². The number of nitrogens with one attached hydrogen (secondary N) is 1. The smallest absolute Gasteiger partial charge is 0.394 e. The first-order valence-electron chi connectivity index (χ1n) is 22.1. The number of carbonyl (C=O) groups is 1. The number of hydrogen-bond donors (Lipinski definition) is 6. The van der Waals surface area contributed by atoms with Crippen LogP contribution in [0.25, 0.3) is 0 Å². The number of aliphatic hydroxyl groups is 4. The van der Waals surface area contributed by atoms with Gasteiger partial charge in [-0.1, -0.05) is 180 Å². The first-order valence-corrected chi connectivity index (χ1v) is 23.4. The highest BCUT2D eigenvalue weighted by atomic mass is 32.3. The van der Waals surface area contributed by atoms with Gasteiger partial charge in [0.05, 0.1) is 25.4 Å². The minimum atomic E-state index is -5.08. The molecule has 1 aliphatic rings. The molecule has 1 rings (SSSR count). The fourth-order valence-corrected chi connectivity index (χ4v) is 7.61. The van der Waals surface area contributed by atoms with Crippen LogP contribution in [0, 0.1) is 0 Å². The van der Waals surface area contributed by atoms with E-state index in [1.807, 2.05) is 6.08 Å². The van der Waals surface area contributed by atoms with Gasteiger partial charge in [-0.3, -0.25) is 9.35 Å². The molecule has 0 aromatic carbocycles. The topological polar surface area (TPSA) is 192 Å². The number of ether oxygens (including phenoxy) is 2. The van der Waals surface area contributed by atoms with Crippen molar-refractivity contribution >= 4 is 16.3 Å². The van der Waals surface area contributed by atoms with Crippen LogP contribution < -0.4 is 5.32 Å². The third-order valence-corrected chi connectivity index (χ3v) is 11.0. The summed E-state index contributed by atoms with van der Waals surface area (Å²) in [5, 5.41) is 44.6. The number of aliphatic hydroxyl groups excluding tert-OH is 4. The lowest BCUT2D eigenvalue weighted by Crippen LogP contribution is -2.61. The lowest BCUT2D eigenvalue weighted by atomic mass is 9.99. The maximum atomic E-state index is 13.0. The summed E-state index contributed by atoms with van der Waals surface area (Å²) in [5.41, 5.74) is 0. The van der Waals surface area contributed by atoms with Gasteiger partial charge in [-0.2, -0.15) is 8.42 Å². The summed E-state index contributed by atoms with van der Waals surface area (Å²) in [4.78, 5) is 13.0. The Bertz CT molecular complexity index is 1050. The van der Waals surface area contributed by atoms with Gasteiger partial charge in [0.2, 0.25) is 5.91 Å². The maximum absolute atomic E-state index is 13.0. The second kappa shape index (κ2) is 33.8. The van der Waals surface area contributed by atoms with Crippen molar-refractivity contribution in [1.29, 1.82) is 0 Å². The molecule has 7 unspecified atom stereocenters. The number of amides is 1. The normalized spacial score (nSPS) is 21.6. The molecular weight excluding hydrogens is 727 g/mol. The van der Waals surface area contributed by atoms with E-state index < -0.39 is 59.9 Å². The first kappa shape index (κ1) is 51.9. The molecule has 326 valence electrons. The lowest BCUT2D eigenvalue weighted by molar-refractivity contribution is -0.298. The summed E-state index contributed by atoms with van der Waals surface area (Å²) < 4.78 is 47.5. The number of rotatable bonds is 37. The number of unbranched alkanes of at least 4 members (excludes halogenated alkanes) is 25. The molecular formula is C42H81NO11S. The predicted molar refractivity (Wildman–Crippen MR) is 218 cm³/mol. The quantitative estimate of drug-likeness (QED) is 0.0203. The van der Waals surface area contributed by atoms with Crippen LogP contribution in [-0.4, -0.2) is 95.4 Å². The van der Waals surface area contributed by atoms with Gasteiger partial charge in [-0.15, -0.1) is 0 Å². The van der Waals surface area contributed by atoms with Crippen molar-refractivity contribution in [2.24, 2.45) is 0 Å². The van der Waals surface area contributed by atoms with Crippen molar-refractivity contribution in [2.45, 2.75) is 236 Å². The van der Waals surface area contributed by atoms with E-state index in [1.165, 1.54) is 128 Å². The molecule has 0 bridgehead atoms. The van der Waals surface area contributed by atoms with Crippen LogP contribution >= 0.6 is 0 Å². The van der Waals surface area contributed by atoms with Crippen LogP contribution in [0.1, 0.15) is 194 Å². The average molecular weight is 808 g/mol. The molecule has 12 nitrogen and oxygen atoms in total. The monoisotopic (exact) mass is 808 g/mol. The first-order chi connectivity index (χ1) is 26.5. The fourth-order valence-electron chi connectivity index (χ4n) is 7.10. The van der Waals surface area contributed by atoms with Crippen molar-refractivity contribution in [2.75, 3.05) is 13.2 Å². The van der Waals surface area contributed by atoms with Crippen molar-refractivity contribution in [3.8, 4) is 0 Å². The third-order valence-electron chi connectivity index (χ3n) is 10.6. The molecule has 1 amide bonds. The second-order valence-electron chi connectivity index (χ2n) is 15.6. The molecule has 1 fully saturated rings. The molecule has 0 aromatic heterocycles. The highest BCUT2D eigenvalue weighted by Crippen LogP contribution is 2.26. The summed E-state index contributed by atoms with van der Waals surface area (Å²) in [6.07, 6.45) is 26.8. The van der Waals surface area contributed by atoms with E-state index in [-0.39, 0.29) is 18.9 Å². The Labute approximate surface area is 334 Å². The van der Waals surface area contributed by atoms with Crippen LogP contribution in [-0.2, 0) is 28.9 Å². The largest absolute Gasteiger partial charge is 0.397 e. The zero-order valence-electron chi connectivity index (χ0n) is 34.5. The van der Waals surface area contributed by atoms with Gasteiger partial charge in [0.1, 0.15) is 24.4 Å². The summed E-state index contributed by atoms with van der Waals surface area (Å²) >= 11 is 0. The second-order valence-corrected chi connectivity index (χ2v) is 16.7. The Morgan fingerprint density at radius 2 is 1.15 bits per heavy atom. The van der Waals surface area contributed by atoms with E-state index in [9.17, 15) is 33.6 Å². The Hall–Kier alpha value is -1.16. The highest BCUT2D eigenvalue weighted by molar-refractivity contribution is 7.80. The lowest BCUT2D eigenvalue weighted by Gasteiger charge is -2.41. The van der Waals surface area contributed by atoms with E-state index in [1.54, 1.807) is 6.08 Å². The van der Waals surface area contributed by atoms with Crippen LogP contribution in [0.2, 0.25) is 0 Å². The summed E-state index contributed by atoms with van der Waals surface area (Å²) in [7, 11) is -5.08. The molecule has 1 heterocycles. The number of hydrogen-bond acceptors (Lipinski definition) is 10. The standard InChI is InChI=1S/C42H81NO11S/c1-3-5-7-9-11-13-15-16-17-18-19-20-22-23-25-27-29-31-36(45)35(43-38(46)32-30-28-26-24-21-14-12-10-8-6-4-2)34-52-42-40(48)41(54-55(49,50)51)39(47)37(33-44)53-42/h29,31,35-37,39-42,44-45,47-48H,3-28,30,32-34H2,1-2H3,(H,43,46)(H,49,50,51)/b31-29+. The minimum absolute atomic E-state index is 0.263. The molecule has 0 radical (unpaired) electrons. The fraction of sp³-hybridized carbons (Fsp3) is 0.929. The Morgan fingerprint density at radius 3 is 1.58 bits per heavy atom. The van der Waals surface area contributed by atoms with Crippen molar-refractivity contribution in [3.63, 3.8) is 0 Å². The third kappa shape index (κ3) is 27.2. The molecule has 0 aromatic rings. The molecule has 6 N–H and O–H groups in total. The summed E-state index contributed by atoms with van der Waals surface area (Å²) in [6.45, 7) is 3.37. The molecule has 7 atom stereocenters. The van der Waals surface area contributed by atoms with Crippen molar-refractivity contribution in [1.82, 2.24) is 5.32 Å². The van der Waals surface area contributed by atoms with Crippen LogP contribution in [0.5, 0.6) is 0 Å². The summed E-state index contributed by atoms with van der Waals surface area (Å²) in [6, 6.07) is -0.936. The highest BCUT2D eigenvalue weighted by Gasteiger charge is 2.48. The van der Waals surface area contributed by atoms with Crippen LogP contribution in [0.4, 0.5) is 0 Å². The van der Waals surface area contributed by atoms with Gasteiger partial charge < -0.3 is 35.2 Å². The zero-order valence-corrected chi connectivity index (χ0v) is 35.3. The van der Waals surface area contributed by atoms with Gasteiger partial charge in [-0.25, -0.2) is 4.18 Å². The number of allylic oxidation sites excluding steroid dienone is 1. The molecule has 1 saturated heterocycles. The van der Waals surface area contributed by atoms with Gasteiger partial charge >= 0.3 is 10.4 Å². The average Bonchev–Trinajstić information content (AvgIpc) is 3.15. The van der Waals surface area contributed by atoms with Gasteiger partial charge in [-0.05, 0) is 19.3 Å². The van der Waals surface area contributed by atoms with E-state index >= 15 is 0 Å². The maximum Gasteiger partial charge on any atom is 0.397 e. The number of carbonyl (C=O) groups excluding carboxylic acids is 1. The zero-order chi connectivity index (χ0) is 40.6. The molecule has 1 aliphatic heterocycles. The van der Waals surface area contributed by atoms with E-state index in [4.69, 9.17) is 14.0 Å². The van der Waals surface area contributed by atoms with Gasteiger partial charge in [0, 0.05) is 6.42 Å². The Morgan fingerprint density at radius 1 is 0.709 bits per heavy atom. The molecule has 0 saturated carbocycles. The Balaban J connectivity index is 2.55. The van der Waals surface area contributed by atoms with Gasteiger partial charge in [0.25, 0.3) is 0 Å². The molecule has 55 heavy (non-hydrogen) atoms. The van der Waals surface area contributed by atoms with E-state index in [0.717, 1.165) is 38.5 Å². The Kier molecular flexibility index (Phi) is 31.8. The van der Waals surface area contributed by atoms with Crippen LogP contribution in [0.3, 0.4) is 0 Å². The molecule has 0 aliphatic carbocycles. The van der Waals surface area contributed by atoms with E-state index in [0.29, 0.717) is 6.42 Å². The predicted octanol–water partition coefficient (Wildman–Crippen LogP) is 7.99. The van der Waals surface area contributed by atoms with Crippen molar-refractivity contribution < 1.29 is 51.8 Å². The summed E-state index contributed by atoms with van der Waals surface area (Å²) in [5.74, 6) is -0.263. The molecule has 0 spiro atoms. The van der Waals surface area contributed by atoms with Crippen LogP contribution in [0.15, 0.2) is 12.2 Å².